The molecular weight excluding hydrogens is 258 g/mol. The van der Waals surface area contributed by atoms with Gasteiger partial charge in [-0.1, -0.05) is 36.0 Å². The van der Waals surface area contributed by atoms with Gasteiger partial charge in [0.25, 0.3) is 0 Å². The van der Waals surface area contributed by atoms with E-state index in [1.165, 1.54) is 11.8 Å². The normalized spacial score (nSPS) is 10.8. The molecule has 0 saturated heterocycles. The molecule has 5 nitrogen and oxygen atoms in total. The van der Waals surface area contributed by atoms with Crippen molar-refractivity contribution in [3.05, 3.63) is 36.4 Å². The van der Waals surface area contributed by atoms with Gasteiger partial charge >= 0.3 is 0 Å². The van der Waals surface area contributed by atoms with Crippen LogP contribution in [0.4, 0.5) is 5.95 Å². The summed E-state index contributed by atoms with van der Waals surface area (Å²) in [5.74, 6) is 0.715. The predicted octanol–water partition coefficient (Wildman–Crippen LogP) is 2.39. The number of anilines is 1. The molecule has 2 N–H and O–H groups in total. The van der Waals surface area contributed by atoms with Crippen LogP contribution < -0.4 is 5.73 Å². The van der Waals surface area contributed by atoms with Crippen LogP contribution in [0.2, 0.25) is 0 Å². The molecule has 2 aromatic heterocycles. The summed E-state index contributed by atoms with van der Waals surface area (Å²) in [7, 11) is 0. The summed E-state index contributed by atoms with van der Waals surface area (Å²) < 4.78 is 0. The minimum absolute atomic E-state index is 0.212. The molecule has 0 aliphatic rings. The minimum Gasteiger partial charge on any atom is -0.368 e. The minimum atomic E-state index is 0.212. The van der Waals surface area contributed by atoms with Crippen molar-refractivity contribution in [2.45, 2.75) is 5.16 Å². The number of nitrogens with two attached hydrogens (primary N) is 1. The Balaban J connectivity index is 2.15. The number of fused-ring (bicyclic) bond motifs is 1. The van der Waals surface area contributed by atoms with E-state index in [1.807, 2.05) is 42.7 Å². The first-order valence-electron chi connectivity index (χ1n) is 5.68. The summed E-state index contributed by atoms with van der Waals surface area (Å²) in [5.41, 5.74) is 7.29. The van der Waals surface area contributed by atoms with Gasteiger partial charge in [-0.25, -0.2) is 9.97 Å². The molecular formula is C13H11N5S. The predicted molar refractivity (Wildman–Crippen MR) is 76.8 cm³/mol. The Hall–Kier alpha value is -2.21. The van der Waals surface area contributed by atoms with Crippen LogP contribution >= 0.6 is 11.8 Å². The van der Waals surface area contributed by atoms with Gasteiger partial charge in [-0.2, -0.15) is 9.97 Å². The second-order valence-corrected chi connectivity index (χ2v) is 4.67. The molecule has 0 aliphatic heterocycles. The van der Waals surface area contributed by atoms with Gasteiger partial charge in [-0.3, -0.25) is 0 Å². The van der Waals surface area contributed by atoms with Gasteiger partial charge in [-0.05, 0) is 18.4 Å². The first-order chi connectivity index (χ1) is 9.26. The van der Waals surface area contributed by atoms with Crippen molar-refractivity contribution in [2.24, 2.45) is 0 Å². The summed E-state index contributed by atoms with van der Waals surface area (Å²) in [6, 6.07) is 11.8. The number of hydrogen-bond acceptors (Lipinski definition) is 6. The number of rotatable bonds is 2. The van der Waals surface area contributed by atoms with Gasteiger partial charge < -0.3 is 5.73 Å². The van der Waals surface area contributed by atoms with Gasteiger partial charge in [-0.15, -0.1) is 0 Å². The van der Waals surface area contributed by atoms with E-state index in [4.69, 9.17) is 5.73 Å². The Morgan fingerprint density at radius 2 is 1.79 bits per heavy atom. The van der Waals surface area contributed by atoms with Crippen molar-refractivity contribution in [1.29, 1.82) is 0 Å². The lowest BCUT2D eigenvalue weighted by molar-refractivity contribution is 0.923. The number of nitrogens with zero attached hydrogens (tertiary/aromatic N) is 4. The van der Waals surface area contributed by atoms with Gasteiger partial charge in [0.1, 0.15) is 5.69 Å². The fraction of sp³-hybridized carbons (Fsp3) is 0.0769. The highest BCUT2D eigenvalue weighted by atomic mass is 32.2. The molecule has 0 aliphatic carbocycles. The van der Waals surface area contributed by atoms with Crippen LogP contribution in [0.15, 0.2) is 41.6 Å². The number of pyridine rings is 1. The summed E-state index contributed by atoms with van der Waals surface area (Å²) in [6.45, 7) is 0. The molecule has 94 valence electrons. The zero-order valence-corrected chi connectivity index (χ0v) is 11.1. The summed E-state index contributed by atoms with van der Waals surface area (Å²) in [6.07, 6.45) is 1.90. The molecule has 3 rings (SSSR count). The Morgan fingerprint density at radius 1 is 0.947 bits per heavy atom. The van der Waals surface area contributed by atoms with Crippen molar-refractivity contribution in [2.75, 3.05) is 12.0 Å². The maximum Gasteiger partial charge on any atom is 0.224 e. The smallest absolute Gasteiger partial charge is 0.224 e. The van der Waals surface area contributed by atoms with E-state index in [1.54, 1.807) is 0 Å². The molecule has 0 spiro atoms. The van der Waals surface area contributed by atoms with Crippen LogP contribution in [-0.2, 0) is 0 Å². The standard InChI is InChI=1S/C13H11N5S/c1-19-13-17-11(16-12(14)18-13)10-7-6-8-4-2-3-5-9(8)15-10/h2-7H,1H3,(H2,14,16,17,18). The number of nitrogen functional groups attached to an aromatic ring is 1. The maximum atomic E-state index is 5.68. The van der Waals surface area contributed by atoms with E-state index in [9.17, 15) is 0 Å². The molecule has 0 radical (unpaired) electrons. The monoisotopic (exact) mass is 269 g/mol. The number of hydrogen-bond donors (Lipinski definition) is 1. The van der Waals surface area contributed by atoms with E-state index in [0.717, 1.165) is 10.9 Å². The Bertz CT molecular complexity index is 744. The van der Waals surface area contributed by atoms with Crippen molar-refractivity contribution >= 4 is 28.6 Å². The molecule has 0 fully saturated rings. The summed E-state index contributed by atoms with van der Waals surface area (Å²) >= 11 is 1.43. The Labute approximate surface area is 114 Å². The lowest BCUT2D eigenvalue weighted by atomic mass is 10.2. The quantitative estimate of drug-likeness (QED) is 0.720. The third-order valence-electron chi connectivity index (χ3n) is 2.64. The van der Waals surface area contributed by atoms with Gasteiger partial charge in [0.05, 0.1) is 5.52 Å². The summed E-state index contributed by atoms with van der Waals surface area (Å²) in [5, 5.41) is 1.68. The van der Waals surface area contributed by atoms with Crippen LogP contribution in [0.3, 0.4) is 0 Å². The molecule has 2 heterocycles. The van der Waals surface area contributed by atoms with E-state index >= 15 is 0 Å². The van der Waals surface area contributed by atoms with Crippen LogP contribution in [0.25, 0.3) is 22.4 Å². The first-order valence-corrected chi connectivity index (χ1v) is 6.90. The van der Waals surface area contributed by atoms with Crippen molar-refractivity contribution in [3.63, 3.8) is 0 Å². The number of para-hydroxylation sites is 1. The second kappa shape index (κ2) is 4.81. The molecule has 0 bridgehead atoms. The third-order valence-corrected chi connectivity index (χ3v) is 3.19. The van der Waals surface area contributed by atoms with Crippen LogP contribution in [0, 0.1) is 0 Å². The van der Waals surface area contributed by atoms with Gasteiger partial charge in [0, 0.05) is 5.39 Å². The van der Waals surface area contributed by atoms with E-state index in [2.05, 4.69) is 19.9 Å². The highest BCUT2D eigenvalue weighted by Crippen LogP contribution is 2.20. The molecule has 19 heavy (non-hydrogen) atoms. The molecule has 0 unspecified atom stereocenters. The van der Waals surface area contributed by atoms with E-state index in [-0.39, 0.29) is 5.95 Å². The number of benzene rings is 1. The average molecular weight is 269 g/mol. The largest absolute Gasteiger partial charge is 0.368 e. The maximum absolute atomic E-state index is 5.68. The fourth-order valence-electron chi connectivity index (χ4n) is 1.77. The highest BCUT2D eigenvalue weighted by molar-refractivity contribution is 7.98. The Morgan fingerprint density at radius 3 is 2.63 bits per heavy atom. The molecule has 1 aromatic carbocycles. The van der Waals surface area contributed by atoms with E-state index in [0.29, 0.717) is 16.7 Å². The van der Waals surface area contributed by atoms with Crippen LogP contribution in [0.5, 0.6) is 0 Å². The van der Waals surface area contributed by atoms with Crippen molar-refractivity contribution in [3.8, 4) is 11.5 Å². The van der Waals surface area contributed by atoms with Gasteiger partial charge in [0.2, 0.25) is 5.95 Å². The molecule has 3 aromatic rings. The number of aromatic nitrogens is 4. The van der Waals surface area contributed by atoms with Crippen molar-refractivity contribution < 1.29 is 0 Å². The Kier molecular flexibility index (Phi) is 3.00. The lowest BCUT2D eigenvalue weighted by Gasteiger charge is -2.04. The SMILES string of the molecule is CSc1nc(N)nc(-c2ccc3ccccc3n2)n1. The van der Waals surface area contributed by atoms with E-state index < -0.39 is 0 Å². The fourth-order valence-corrected chi connectivity index (χ4v) is 2.13. The molecule has 6 heteroatoms. The topological polar surface area (TPSA) is 77.6 Å². The molecule has 0 atom stereocenters. The van der Waals surface area contributed by atoms with Crippen molar-refractivity contribution in [1.82, 2.24) is 19.9 Å². The highest BCUT2D eigenvalue weighted by Gasteiger charge is 2.08. The molecule has 0 amide bonds. The number of thioether (sulfide) groups is 1. The summed E-state index contributed by atoms with van der Waals surface area (Å²) in [4.78, 5) is 17.0. The molecule has 0 saturated carbocycles. The zero-order valence-electron chi connectivity index (χ0n) is 10.2. The van der Waals surface area contributed by atoms with Crippen LogP contribution in [0.1, 0.15) is 0 Å². The zero-order chi connectivity index (χ0) is 13.2. The van der Waals surface area contributed by atoms with Crippen LogP contribution in [-0.4, -0.2) is 26.2 Å². The first kappa shape index (κ1) is 11.9. The lowest BCUT2D eigenvalue weighted by Crippen LogP contribution is -2.02. The van der Waals surface area contributed by atoms with Gasteiger partial charge in [0.15, 0.2) is 11.0 Å². The average Bonchev–Trinajstić information content (AvgIpc) is 2.46. The third kappa shape index (κ3) is 2.34. The second-order valence-electron chi connectivity index (χ2n) is 3.89.